The summed E-state index contributed by atoms with van der Waals surface area (Å²) in [5, 5.41) is 46.4. The Balaban J connectivity index is 1.76. The Labute approximate surface area is 217 Å². The van der Waals surface area contributed by atoms with Gasteiger partial charge in [-0.25, -0.2) is 4.99 Å². The van der Waals surface area contributed by atoms with Crippen LogP contribution in [0.15, 0.2) is 4.99 Å². The fourth-order valence-corrected chi connectivity index (χ4v) is 5.97. The highest BCUT2D eigenvalue weighted by Crippen LogP contribution is 2.26. The number of piperidine rings is 1. The monoisotopic (exact) mass is 513 g/mol. The van der Waals surface area contributed by atoms with Crippen molar-refractivity contribution in [1.29, 1.82) is 0 Å². The fraction of sp³-hybridized carbons (Fsp3) is 0.926. The molecule has 0 spiro atoms. The van der Waals surface area contributed by atoms with Crippen molar-refractivity contribution in [3.05, 3.63) is 0 Å². The second-order valence-electron chi connectivity index (χ2n) is 11.2. The summed E-state index contributed by atoms with van der Waals surface area (Å²) in [6.45, 7) is 7.01. The maximum atomic E-state index is 11.1. The molecule has 1 fully saturated rings. The smallest absolute Gasteiger partial charge is 0.306 e. The number of hydrogen-bond donors (Lipinski definition) is 7. The SMILES string of the molecule is CCNCC(O)(CCCCCCC(CCCO)CCC1NC(C)C(O)CC1[NH+]1CC=NC1)CC(=O)O. The molecule has 0 bridgehead atoms. The largest absolute Gasteiger partial charge is 0.481 e. The lowest BCUT2D eigenvalue weighted by Gasteiger charge is -2.41. The number of aliphatic hydroxyl groups is 3. The van der Waals surface area contributed by atoms with Gasteiger partial charge in [-0.2, -0.15) is 0 Å². The van der Waals surface area contributed by atoms with Gasteiger partial charge in [-0.05, 0) is 51.5 Å². The number of carbonyl (C=O) groups is 1. The van der Waals surface area contributed by atoms with Crippen molar-refractivity contribution in [2.75, 3.05) is 32.9 Å². The van der Waals surface area contributed by atoms with Crippen LogP contribution in [0.1, 0.15) is 90.9 Å². The number of unbranched alkanes of at least 4 members (excludes halogenated alkanes) is 3. The minimum Gasteiger partial charge on any atom is -0.481 e. The van der Waals surface area contributed by atoms with E-state index in [1.807, 2.05) is 13.1 Å². The van der Waals surface area contributed by atoms with E-state index in [2.05, 4.69) is 22.5 Å². The quantitative estimate of drug-likeness (QED) is 0.126. The molecule has 2 aliphatic heterocycles. The van der Waals surface area contributed by atoms with Crippen LogP contribution < -0.4 is 15.5 Å². The number of likely N-dealkylation sites (N-methyl/N-ethyl adjacent to an activating group) is 1. The van der Waals surface area contributed by atoms with Crippen molar-refractivity contribution in [2.45, 2.75) is 121 Å². The molecule has 0 aromatic carbocycles. The van der Waals surface area contributed by atoms with Crippen molar-refractivity contribution < 1.29 is 30.1 Å². The second-order valence-corrected chi connectivity index (χ2v) is 11.2. The number of nitrogens with one attached hydrogen (secondary N) is 3. The van der Waals surface area contributed by atoms with E-state index >= 15 is 0 Å². The summed E-state index contributed by atoms with van der Waals surface area (Å²) >= 11 is 0. The predicted molar refractivity (Wildman–Crippen MR) is 142 cm³/mol. The minimum atomic E-state index is -1.18. The van der Waals surface area contributed by atoms with Gasteiger partial charge in [-0.15, -0.1) is 0 Å². The lowest BCUT2D eigenvalue weighted by atomic mass is 9.84. The van der Waals surface area contributed by atoms with E-state index in [1.165, 1.54) is 4.90 Å². The van der Waals surface area contributed by atoms with Crippen LogP contribution in [0.25, 0.3) is 0 Å². The molecule has 2 rings (SSSR count). The first-order valence-electron chi connectivity index (χ1n) is 14.3. The van der Waals surface area contributed by atoms with Crippen LogP contribution in [0, 0.1) is 5.92 Å². The number of nitrogens with zero attached hydrogens (tertiary/aromatic N) is 1. The first kappa shape index (κ1) is 31.1. The zero-order valence-corrected chi connectivity index (χ0v) is 22.6. The van der Waals surface area contributed by atoms with E-state index in [-0.39, 0.29) is 25.2 Å². The molecule has 7 atom stereocenters. The number of quaternary nitrogens is 1. The Bertz CT molecular complexity index is 644. The molecule has 0 radical (unpaired) electrons. The van der Waals surface area contributed by atoms with Gasteiger partial charge < -0.3 is 36.0 Å². The molecule has 2 aliphatic rings. The number of aliphatic carboxylic acids is 1. The van der Waals surface area contributed by atoms with E-state index in [0.29, 0.717) is 37.5 Å². The highest BCUT2D eigenvalue weighted by Gasteiger charge is 2.40. The van der Waals surface area contributed by atoms with Gasteiger partial charge in [0.25, 0.3) is 0 Å². The number of aliphatic imine (C=N–C) groups is 1. The third-order valence-electron chi connectivity index (χ3n) is 8.18. The molecule has 0 saturated carbocycles. The van der Waals surface area contributed by atoms with Crippen LogP contribution in [0.3, 0.4) is 0 Å². The molecule has 9 nitrogen and oxygen atoms in total. The molecule has 7 unspecified atom stereocenters. The van der Waals surface area contributed by atoms with E-state index in [4.69, 9.17) is 5.11 Å². The number of carboxylic acids is 1. The van der Waals surface area contributed by atoms with E-state index in [0.717, 1.165) is 77.4 Å². The predicted octanol–water partition coefficient (Wildman–Crippen LogP) is 0.718. The summed E-state index contributed by atoms with van der Waals surface area (Å²) in [5.41, 5.74) is -1.18. The fourth-order valence-electron chi connectivity index (χ4n) is 5.97. The van der Waals surface area contributed by atoms with Gasteiger partial charge in [0.1, 0.15) is 12.6 Å². The first-order chi connectivity index (χ1) is 17.3. The standard InChI is InChI=1S/C27H52N4O5/c1-3-28-19-27(36,18-26(34)35)13-7-5-4-6-9-22(10-8-16-32)11-12-23-24(31-15-14-29-20-31)17-25(33)21(2)30-23/h14,21-25,28,30,32-33,36H,3-13,15-20H2,1-2H3,(H,34,35)/p+1. The first-order valence-corrected chi connectivity index (χ1v) is 14.3. The summed E-state index contributed by atoms with van der Waals surface area (Å²) in [4.78, 5) is 17.0. The van der Waals surface area contributed by atoms with Crippen molar-refractivity contribution in [2.24, 2.45) is 10.9 Å². The van der Waals surface area contributed by atoms with Crippen molar-refractivity contribution in [1.82, 2.24) is 10.6 Å². The van der Waals surface area contributed by atoms with Crippen molar-refractivity contribution >= 4 is 12.2 Å². The van der Waals surface area contributed by atoms with Crippen LogP contribution >= 0.6 is 0 Å². The van der Waals surface area contributed by atoms with Gasteiger partial charge in [0.05, 0.1) is 30.4 Å². The summed E-state index contributed by atoms with van der Waals surface area (Å²) < 4.78 is 0. The van der Waals surface area contributed by atoms with E-state index < -0.39 is 11.6 Å². The lowest BCUT2D eigenvalue weighted by molar-refractivity contribution is -0.914. The molecule has 210 valence electrons. The molecular weight excluding hydrogens is 460 g/mol. The molecular formula is C27H53N4O5+. The van der Waals surface area contributed by atoms with Crippen LogP contribution in [0.4, 0.5) is 0 Å². The minimum absolute atomic E-state index is 0.109. The maximum absolute atomic E-state index is 11.1. The van der Waals surface area contributed by atoms with Crippen molar-refractivity contribution in [3.63, 3.8) is 0 Å². The van der Waals surface area contributed by atoms with E-state index in [9.17, 15) is 20.1 Å². The molecule has 7 N–H and O–H groups in total. The third kappa shape index (κ3) is 11.1. The molecule has 2 heterocycles. The van der Waals surface area contributed by atoms with Crippen LogP contribution in [0.5, 0.6) is 0 Å². The number of aliphatic hydroxyl groups excluding tert-OH is 2. The average molecular weight is 514 g/mol. The van der Waals surface area contributed by atoms with Crippen LogP contribution in [-0.4, -0.2) is 95.4 Å². The lowest BCUT2D eigenvalue weighted by Crippen LogP contribution is -3.16. The Morgan fingerprint density at radius 2 is 1.97 bits per heavy atom. The highest BCUT2D eigenvalue weighted by atomic mass is 16.4. The molecule has 1 saturated heterocycles. The van der Waals surface area contributed by atoms with Crippen LogP contribution in [-0.2, 0) is 4.79 Å². The van der Waals surface area contributed by atoms with Gasteiger partial charge in [0, 0.05) is 25.6 Å². The third-order valence-corrected chi connectivity index (χ3v) is 8.18. The van der Waals surface area contributed by atoms with Gasteiger partial charge in [-0.1, -0.05) is 39.0 Å². The normalized spacial score (nSPS) is 28.8. The summed E-state index contributed by atoms with van der Waals surface area (Å²) in [6.07, 6.45) is 12.0. The molecule has 0 aliphatic carbocycles. The Kier molecular flexibility index (Phi) is 14.4. The van der Waals surface area contributed by atoms with Gasteiger partial charge in [-0.3, -0.25) is 4.79 Å². The zero-order valence-electron chi connectivity index (χ0n) is 22.6. The summed E-state index contributed by atoms with van der Waals surface area (Å²) in [6, 6.07) is 0.863. The van der Waals surface area contributed by atoms with Gasteiger partial charge in [0.2, 0.25) is 0 Å². The highest BCUT2D eigenvalue weighted by molar-refractivity contribution is 5.68. The molecule has 36 heavy (non-hydrogen) atoms. The topological polar surface area (TPSA) is 139 Å². The molecule has 0 aromatic heterocycles. The van der Waals surface area contributed by atoms with Crippen LogP contribution in [0.2, 0.25) is 0 Å². The van der Waals surface area contributed by atoms with Gasteiger partial charge >= 0.3 is 5.97 Å². The second kappa shape index (κ2) is 16.7. The molecule has 9 heteroatoms. The summed E-state index contributed by atoms with van der Waals surface area (Å²) in [5.74, 6) is -0.385. The zero-order chi connectivity index (χ0) is 26.4. The number of rotatable bonds is 19. The Hall–Kier alpha value is -1.10. The number of carboxylic acid groups (broad SMARTS) is 1. The Morgan fingerprint density at radius 1 is 1.22 bits per heavy atom. The van der Waals surface area contributed by atoms with Crippen molar-refractivity contribution in [3.8, 4) is 0 Å². The maximum Gasteiger partial charge on any atom is 0.306 e. The van der Waals surface area contributed by atoms with E-state index in [1.54, 1.807) is 0 Å². The molecule has 0 aromatic rings. The Morgan fingerprint density at radius 3 is 2.64 bits per heavy atom. The summed E-state index contributed by atoms with van der Waals surface area (Å²) in [7, 11) is 0. The average Bonchev–Trinajstić information content (AvgIpc) is 3.37. The van der Waals surface area contributed by atoms with Gasteiger partial charge in [0.15, 0.2) is 6.67 Å². The molecule has 0 amide bonds. The number of hydrogen-bond acceptors (Lipinski definition) is 7.